The van der Waals surface area contributed by atoms with E-state index < -0.39 is 5.60 Å². The number of nitriles is 1. The predicted molar refractivity (Wildman–Crippen MR) is 120 cm³/mol. The molecule has 2 heterocycles. The number of nitrogens with one attached hydrogen (secondary N) is 1. The molecule has 0 saturated heterocycles. The average molecular weight is 432 g/mol. The van der Waals surface area contributed by atoms with Gasteiger partial charge >= 0.3 is 0 Å². The fourth-order valence-electron chi connectivity index (χ4n) is 7.34. The first-order chi connectivity index (χ1) is 15.3. The van der Waals surface area contributed by atoms with Gasteiger partial charge in [-0.25, -0.2) is 0 Å². The molecule has 2 atom stereocenters. The number of aryl methyl sites for hydroxylation is 1. The molecule has 2 unspecified atom stereocenters. The van der Waals surface area contributed by atoms with Gasteiger partial charge in [0.2, 0.25) is 0 Å². The predicted octanol–water partition coefficient (Wildman–Crippen LogP) is 2.96. The fraction of sp³-hybridized carbons (Fsp3) is 0.560. The Morgan fingerprint density at radius 3 is 2.72 bits per heavy atom. The van der Waals surface area contributed by atoms with Gasteiger partial charge in [0.05, 0.1) is 17.2 Å². The van der Waals surface area contributed by atoms with E-state index >= 15 is 0 Å². The lowest BCUT2D eigenvalue weighted by Crippen LogP contribution is -2.61. The van der Waals surface area contributed by atoms with E-state index in [1.807, 2.05) is 32.2 Å². The summed E-state index contributed by atoms with van der Waals surface area (Å²) in [4.78, 5) is 15.5. The molecular formula is C25H29N5O2. The highest BCUT2D eigenvalue weighted by atomic mass is 16.3. The maximum atomic E-state index is 13.3. The van der Waals surface area contributed by atoms with Crippen LogP contribution in [0.5, 0.6) is 0 Å². The summed E-state index contributed by atoms with van der Waals surface area (Å²) in [6.45, 7) is 2.77. The molecule has 5 aliphatic rings. The van der Waals surface area contributed by atoms with Crippen molar-refractivity contribution in [1.29, 1.82) is 5.26 Å². The van der Waals surface area contributed by atoms with Crippen LogP contribution >= 0.6 is 0 Å². The number of aromatic nitrogens is 2. The van der Waals surface area contributed by atoms with Gasteiger partial charge in [-0.05, 0) is 87.0 Å². The van der Waals surface area contributed by atoms with Crippen LogP contribution in [0.3, 0.4) is 0 Å². The van der Waals surface area contributed by atoms with E-state index in [1.165, 1.54) is 0 Å². The molecule has 32 heavy (non-hydrogen) atoms. The molecule has 1 aromatic carbocycles. The molecule has 4 bridgehead atoms. The number of amides is 1. The van der Waals surface area contributed by atoms with Crippen LogP contribution in [0, 0.1) is 36.0 Å². The molecule has 4 aliphatic carbocycles. The Morgan fingerprint density at radius 1 is 1.28 bits per heavy atom. The van der Waals surface area contributed by atoms with Crippen molar-refractivity contribution in [2.24, 2.45) is 24.8 Å². The summed E-state index contributed by atoms with van der Waals surface area (Å²) in [6.07, 6.45) is 5.67. The van der Waals surface area contributed by atoms with Gasteiger partial charge < -0.3 is 15.3 Å². The van der Waals surface area contributed by atoms with E-state index in [0.29, 0.717) is 29.0 Å². The molecule has 0 radical (unpaired) electrons. The Hall–Kier alpha value is -2.85. The van der Waals surface area contributed by atoms with Crippen molar-refractivity contribution >= 4 is 17.4 Å². The monoisotopic (exact) mass is 431 g/mol. The molecule has 1 aliphatic heterocycles. The fourth-order valence-corrected chi connectivity index (χ4v) is 7.34. The normalized spacial score (nSPS) is 32.1. The third-order valence-corrected chi connectivity index (χ3v) is 8.36. The zero-order valence-corrected chi connectivity index (χ0v) is 18.6. The molecule has 166 valence electrons. The van der Waals surface area contributed by atoms with E-state index in [4.69, 9.17) is 0 Å². The SMILES string of the molecule is Cc1c(C(=O)NC2C3CC4CC2CC(O)(C4)C3)nn(C)c1N1CCc2cc(C#N)ccc21. The van der Waals surface area contributed by atoms with Gasteiger partial charge in [0.15, 0.2) is 5.69 Å². The van der Waals surface area contributed by atoms with Gasteiger partial charge in [-0.1, -0.05) is 0 Å². The lowest BCUT2D eigenvalue weighted by molar-refractivity contribution is -0.136. The third kappa shape index (κ3) is 2.89. The molecule has 2 N–H and O–H groups in total. The highest BCUT2D eigenvalue weighted by Gasteiger charge is 2.55. The van der Waals surface area contributed by atoms with Crippen molar-refractivity contribution in [3.63, 3.8) is 0 Å². The van der Waals surface area contributed by atoms with Crippen LogP contribution in [-0.4, -0.2) is 39.0 Å². The molecule has 0 spiro atoms. The van der Waals surface area contributed by atoms with Crippen molar-refractivity contribution in [3.8, 4) is 6.07 Å². The molecule has 7 heteroatoms. The van der Waals surface area contributed by atoms with Crippen LogP contribution in [-0.2, 0) is 13.5 Å². The average Bonchev–Trinajstić information content (AvgIpc) is 3.28. The van der Waals surface area contributed by atoms with Crippen LogP contribution in [0.25, 0.3) is 0 Å². The minimum atomic E-state index is -0.500. The van der Waals surface area contributed by atoms with Crippen molar-refractivity contribution in [3.05, 3.63) is 40.6 Å². The Bertz CT molecular complexity index is 1150. The first-order valence-corrected chi connectivity index (χ1v) is 11.7. The smallest absolute Gasteiger partial charge is 0.272 e. The van der Waals surface area contributed by atoms with E-state index in [-0.39, 0.29) is 11.9 Å². The number of hydrogen-bond donors (Lipinski definition) is 2. The summed E-state index contributed by atoms with van der Waals surface area (Å²) in [6, 6.07) is 8.14. The Labute approximate surface area is 188 Å². The summed E-state index contributed by atoms with van der Waals surface area (Å²) >= 11 is 0. The van der Waals surface area contributed by atoms with Gasteiger partial charge in [0.25, 0.3) is 5.91 Å². The maximum Gasteiger partial charge on any atom is 0.272 e. The number of rotatable bonds is 3. The first-order valence-electron chi connectivity index (χ1n) is 11.7. The Kier molecular flexibility index (Phi) is 4.22. The second kappa shape index (κ2) is 6.82. The van der Waals surface area contributed by atoms with Crippen molar-refractivity contribution in [2.45, 2.75) is 57.1 Å². The summed E-state index contributed by atoms with van der Waals surface area (Å²) in [5.41, 5.74) is 3.77. The van der Waals surface area contributed by atoms with Gasteiger partial charge in [-0.15, -0.1) is 0 Å². The van der Waals surface area contributed by atoms with Gasteiger partial charge in [-0.3, -0.25) is 9.48 Å². The van der Waals surface area contributed by atoms with E-state index in [1.54, 1.807) is 4.68 Å². The minimum absolute atomic E-state index is 0.104. The lowest BCUT2D eigenvalue weighted by atomic mass is 9.52. The van der Waals surface area contributed by atoms with Crippen LogP contribution in [0.2, 0.25) is 0 Å². The Morgan fingerprint density at radius 2 is 2.03 bits per heavy atom. The second-order valence-corrected chi connectivity index (χ2v) is 10.5. The van der Waals surface area contributed by atoms with Crippen LogP contribution < -0.4 is 10.2 Å². The number of fused-ring (bicyclic) bond motifs is 1. The molecular weight excluding hydrogens is 402 g/mol. The maximum absolute atomic E-state index is 13.3. The first kappa shape index (κ1) is 19.8. The highest BCUT2D eigenvalue weighted by molar-refractivity contribution is 5.95. The number of nitrogens with zero attached hydrogens (tertiary/aromatic N) is 4. The number of anilines is 2. The number of carbonyl (C=O) groups is 1. The third-order valence-electron chi connectivity index (χ3n) is 8.36. The lowest BCUT2D eigenvalue weighted by Gasteiger charge is -2.58. The summed E-state index contributed by atoms with van der Waals surface area (Å²) < 4.78 is 1.80. The topological polar surface area (TPSA) is 94.2 Å². The summed E-state index contributed by atoms with van der Waals surface area (Å²) in [7, 11) is 1.89. The largest absolute Gasteiger partial charge is 0.390 e. The van der Waals surface area contributed by atoms with Crippen molar-refractivity contribution in [2.75, 3.05) is 11.4 Å². The highest BCUT2D eigenvalue weighted by Crippen LogP contribution is 2.55. The standard InChI is InChI=1S/C25H29N5O2/c1-14-21(23(31)27-22-18-8-16-9-19(22)12-25(32,10-16)11-18)28-29(2)24(14)30-6-5-17-7-15(13-26)3-4-20(17)30/h3-4,7,16,18-19,22,32H,5-6,8-12H2,1-2H3,(H,27,31). The Balaban J connectivity index is 1.26. The molecule has 1 aromatic heterocycles. The number of aliphatic hydroxyl groups is 1. The minimum Gasteiger partial charge on any atom is -0.390 e. The molecule has 1 amide bonds. The second-order valence-electron chi connectivity index (χ2n) is 10.5. The molecule has 4 saturated carbocycles. The van der Waals surface area contributed by atoms with Crippen LogP contribution in [0.15, 0.2) is 18.2 Å². The van der Waals surface area contributed by atoms with Crippen molar-refractivity contribution in [1.82, 2.24) is 15.1 Å². The van der Waals surface area contributed by atoms with Gasteiger partial charge in [0, 0.05) is 30.9 Å². The number of carbonyl (C=O) groups excluding carboxylic acids is 1. The summed E-state index contributed by atoms with van der Waals surface area (Å²) in [5.74, 6) is 2.19. The van der Waals surface area contributed by atoms with E-state index in [2.05, 4.69) is 21.4 Å². The van der Waals surface area contributed by atoms with E-state index in [9.17, 15) is 15.2 Å². The molecule has 7 nitrogen and oxygen atoms in total. The van der Waals surface area contributed by atoms with E-state index in [0.717, 1.165) is 67.7 Å². The zero-order valence-electron chi connectivity index (χ0n) is 18.6. The van der Waals surface area contributed by atoms with Crippen LogP contribution in [0.4, 0.5) is 11.5 Å². The summed E-state index contributed by atoms with van der Waals surface area (Å²) in [5, 5.41) is 28.0. The van der Waals surface area contributed by atoms with Crippen LogP contribution in [0.1, 0.15) is 59.3 Å². The van der Waals surface area contributed by atoms with Gasteiger partial charge in [0.1, 0.15) is 5.82 Å². The molecule has 2 aromatic rings. The zero-order chi connectivity index (χ0) is 22.2. The molecule has 7 rings (SSSR count). The van der Waals surface area contributed by atoms with Crippen molar-refractivity contribution < 1.29 is 9.90 Å². The quantitative estimate of drug-likeness (QED) is 0.779. The number of benzene rings is 1. The van der Waals surface area contributed by atoms with Gasteiger partial charge in [-0.2, -0.15) is 10.4 Å². The molecule has 4 fully saturated rings. The number of hydrogen-bond acceptors (Lipinski definition) is 5.